The number of benzene rings is 1. The number of aliphatic hydroxyl groups excluding tert-OH is 1. The first kappa shape index (κ1) is 16.0. The number of halogens is 2. The number of aliphatic hydroxyl groups is 1. The van der Waals surface area contributed by atoms with Crippen molar-refractivity contribution >= 4 is 23.2 Å². The van der Waals surface area contributed by atoms with Gasteiger partial charge in [-0.3, -0.25) is 0 Å². The Bertz CT molecular complexity index is 572. The number of hydrogen-bond acceptors (Lipinski definition) is 6. The van der Waals surface area contributed by atoms with Gasteiger partial charge in [-0.2, -0.15) is 4.98 Å². The molecule has 2 rings (SSSR count). The highest BCUT2D eigenvalue weighted by Crippen LogP contribution is 2.32. The highest BCUT2D eigenvalue weighted by Gasteiger charge is 2.11. The van der Waals surface area contributed by atoms with Crippen molar-refractivity contribution < 1.29 is 14.4 Å². The van der Waals surface area contributed by atoms with Gasteiger partial charge in [0.15, 0.2) is 11.6 Å². The molecule has 0 radical (unpaired) electrons. The van der Waals surface area contributed by atoms with E-state index in [1.807, 2.05) is 0 Å². The number of nitrogens with one attached hydrogen (secondary N) is 1. The molecule has 2 N–H and O–H groups in total. The molecule has 1 aromatic heterocycles. The lowest BCUT2D eigenvalue weighted by molar-refractivity contribution is 0.105. The van der Waals surface area contributed by atoms with Crippen LogP contribution in [0.1, 0.15) is 11.7 Å². The van der Waals surface area contributed by atoms with Crippen LogP contribution in [0, 0.1) is 6.92 Å². The monoisotopic (exact) mass is 331 g/mol. The molecule has 8 heteroatoms. The fraction of sp³-hybridized carbons (Fsp3) is 0.385. The molecule has 0 saturated heterocycles. The lowest BCUT2D eigenvalue weighted by Crippen LogP contribution is -2.31. The average molecular weight is 332 g/mol. The molecule has 0 saturated carbocycles. The van der Waals surface area contributed by atoms with E-state index in [4.69, 9.17) is 32.5 Å². The van der Waals surface area contributed by atoms with Crippen LogP contribution in [-0.4, -0.2) is 34.5 Å². The van der Waals surface area contributed by atoms with Gasteiger partial charge in [0.2, 0.25) is 5.89 Å². The molecule has 0 spiro atoms. The SMILES string of the molecule is Cc1noc(CNCC(O)COc2c(Cl)cccc2Cl)n1. The van der Waals surface area contributed by atoms with Gasteiger partial charge in [-0.15, -0.1) is 0 Å². The van der Waals surface area contributed by atoms with Crippen LogP contribution in [0.4, 0.5) is 0 Å². The lowest BCUT2D eigenvalue weighted by atomic mass is 10.3. The zero-order valence-corrected chi connectivity index (χ0v) is 12.9. The Morgan fingerprint density at radius 3 is 2.71 bits per heavy atom. The molecular formula is C13H15Cl2N3O3. The topological polar surface area (TPSA) is 80.4 Å². The zero-order chi connectivity index (χ0) is 15.2. The van der Waals surface area contributed by atoms with Gasteiger partial charge in [-0.1, -0.05) is 34.4 Å². The summed E-state index contributed by atoms with van der Waals surface area (Å²) in [4.78, 5) is 4.04. The normalized spacial score (nSPS) is 12.4. The molecule has 6 nitrogen and oxygen atoms in total. The molecule has 21 heavy (non-hydrogen) atoms. The summed E-state index contributed by atoms with van der Waals surface area (Å²) >= 11 is 11.9. The van der Waals surface area contributed by atoms with Crippen LogP contribution in [0.25, 0.3) is 0 Å². The Hall–Kier alpha value is -1.34. The van der Waals surface area contributed by atoms with Crippen LogP contribution in [-0.2, 0) is 6.54 Å². The first-order valence-electron chi connectivity index (χ1n) is 6.31. The first-order valence-corrected chi connectivity index (χ1v) is 7.06. The van der Waals surface area contributed by atoms with Crippen molar-refractivity contribution in [3.05, 3.63) is 40.0 Å². The molecule has 1 heterocycles. The fourth-order valence-electron chi connectivity index (χ4n) is 1.62. The Balaban J connectivity index is 1.73. The minimum atomic E-state index is -0.721. The van der Waals surface area contributed by atoms with Crippen LogP contribution in [0.5, 0.6) is 5.75 Å². The van der Waals surface area contributed by atoms with E-state index >= 15 is 0 Å². The summed E-state index contributed by atoms with van der Waals surface area (Å²) in [6.07, 6.45) is -0.721. The number of ether oxygens (including phenoxy) is 1. The summed E-state index contributed by atoms with van der Waals surface area (Å²) in [6.45, 7) is 2.50. The molecule has 0 aliphatic rings. The number of aryl methyl sites for hydroxylation is 1. The van der Waals surface area contributed by atoms with E-state index in [1.165, 1.54) is 0 Å². The van der Waals surface area contributed by atoms with Gasteiger partial charge in [0.25, 0.3) is 0 Å². The summed E-state index contributed by atoms with van der Waals surface area (Å²) in [5, 5.41) is 17.3. The summed E-state index contributed by atoms with van der Waals surface area (Å²) in [7, 11) is 0. The van der Waals surface area contributed by atoms with E-state index in [-0.39, 0.29) is 6.61 Å². The molecular weight excluding hydrogens is 317 g/mol. The molecule has 114 valence electrons. The van der Waals surface area contributed by atoms with E-state index in [0.717, 1.165) is 0 Å². The maximum absolute atomic E-state index is 9.84. The van der Waals surface area contributed by atoms with Gasteiger partial charge in [-0.25, -0.2) is 0 Å². The quantitative estimate of drug-likeness (QED) is 0.809. The maximum atomic E-state index is 9.84. The summed E-state index contributed by atoms with van der Waals surface area (Å²) in [6, 6.07) is 5.07. The summed E-state index contributed by atoms with van der Waals surface area (Å²) in [5.41, 5.74) is 0. The van der Waals surface area contributed by atoms with Gasteiger partial charge in [0.05, 0.1) is 16.6 Å². The maximum Gasteiger partial charge on any atom is 0.240 e. The molecule has 0 aliphatic heterocycles. The minimum absolute atomic E-state index is 0.0688. The van der Waals surface area contributed by atoms with Crippen LogP contribution < -0.4 is 10.1 Å². The molecule has 2 aromatic rings. The molecule has 0 aliphatic carbocycles. The second kappa shape index (κ2) is 7.61. The molecule has 1 atom stereocenters. The van der Waals surface area contributed by atoms with Gasteiger partial charge in [0.1, 0.15) is 12.7 Å². The Morgan fingerprint density at radius 1 is 1.38 bits per heavy atom. The van der Waals surface area contributed by atoms with E-state index in [2.05, 4.69) is 15.5 Å². The fourth-order valence-corrected chi connectivity index (χ4v) is 2.12. The van der Waals surface area contributed by atoms with Crippen molar-refractivity contribution in [3.63, 3.8) is 0 Å². The van der Waals surface area contributed by atoms with Crippen LogP contribution >= 0.6 is 23.2 Å². The standard InChI is InChI=1S/C13H15Cl2N3O3/c1-8-17-12(21-18-8)6-16-5-9(19)7-20-13-10(14)3-2-4-11(13)15/h2-4,9,16,19H,5-7H2,1H3. The third-order valence-electron chi connectivity index (χ3n) is 2.56. The van der Waals surface area contributed by atoms with E-state index in [0.29, 0.717) is 40.6 Å². The molecule has 1 unspecified atom stereocenters. The van der Waals surface area contributed by atoms with Crippen molar-refractivity contribution in [1.29, 1.82) is 0 Å². The minimum Gasteiger partial charge on any atom is -0.488 e. The predicted octanol–water partition coefficient (Wildman–Crippen LogP) is 2.21. The van der Waals surface area contributed by atoms with Gasteiger partial charge in [-0.05, 0) is 19.1 Å². The highest BCUT2D eigenvalue weighted by molar-refractivity contribution is 6.37. The van der Waals surface area contributed by atoms with Crippen molar-refractivity contribution in [2.24, 2.45) is 0 Å². The summed E-state index contributed by atoms with van der Waals surface area (Å²) < 4.78 is 10.4. The second-order valence-corrected chi connectivity index (χ2v) is 5.20. The van der Waals surface area contributed by atoms with E-state index in [9.17, 15) is 5.11 Å². The third-order valence-corrected chi connectivity index (χ3v) is 3.16. The van der Waals surface area contributed by atoms with Gasteiger partial charge < -0.3 is 19.7 Å². The first-order chi connectivity index (χ1) is 10.1. The average Bonchev–Trinajstić information content (AvgIpc) is 2.84. The van der Waals surface area contributed by atoms with Crippen molar-refractivity contribution in [2.75, 3.05) is 13.2 Å². The van der Waals surface area contributed by atoms with Gasteiger partial charge in [0, 0.05) is 6.54 Å². The zero-order valence-electron chi connectivity index (χ0n) is 11.3. The van der Waals surface area contributed by atoms with Crippen molar-refractivity contribution in [1.82, 2.24) is 15.5 Å². The molecule has 0 fully saturated rings. The molecule has 1 aromatic carbocycles. The van der Waals surface area contributed by atoms with Crippen LogP contribution in [0.2, 0.25) is 10.0 Å². The van der Waals surface area contributed by atoms with E-state index < -0.39 is 6.10 Å². The van der Waals surface area contributed by atoms with E-state index in [1.54, 1.807) is 25.1 Å². The number of hydrogen-bond donors (Lipinski definition) is 2. The van der Waals surface area contributed by atoms with Gasteiger partial charge >= 0.3 is 0 Å². The van der Waals surface area contributed by atoms with Crippen LogP contribution in [0.15, 0.2) is 22.7 Å². The number of para-hydroxylation sites is 1. The Kier molecular flexibility index (Phi) is 5.81. The lowest BCUT2D eigenvalue weighted by Gasteiger charge is -2.14. The van der Waals surface area contributed by atoms with Crippen LogP contribution in [0.3, 0.4) is 0 Å². The number of aromatic nitrogens is 2. The largest absolute Gasteiger partial charge is 0.488 e. The van der Waals surface area contributed by atoms with Crippen molar-refractivity contribution in [3.8, 4) is 5.75 Å². The van der Waals surface area contributed by atoms with Crippen molar-refractivity contribution in [2.45, 2.75) is 19.6 Å². The summed E-state index contributed by atoms with van der Waals surface area (Å²) in [5.74, 6) is 1.41. The smallest absolute Gasteiger partial charge is 0.240 e. The predicted molar refractivity (Wildman–Crippen MR) is 78.7 cm³/mol. The Labute approximate surface area is 132 Å². The molecule has 0 bridgehead atoms. The second-order valence-electron chi connectivity index (χ2n) is 4.38. The molecule has 0 amide bonds. The number of nitrogens with zero attached hydrogens (tertiary/aromatic N) is 2. The third kappa shape index (κ3) is 4.86. The highest BCUT2D eigenvalue weighted by atomic mass is 35.5. The Morgan fingerprint density at radius 2 is 2.10 bits per heavy atom. The number of rotatable bonds is 7.